The van der Waals surface area contributed by atoms with Crippen molar-refractivity contribution in [2.24, 2.45) is 10.8 Å². The SMILES string of the molecule is CC1(C)C[C@H]2C[C@](C)(CN2C(=O)CCCc2c[nH]c3ccccc23)C1. The van der Waals surface area contributed by atoms with Gasteiger partial charge >= 0.3 is 0 Å². The van der Waals surface area contributed by atoms with E-state index < -0.39 is 0 Å². The summed E-state index contributed by atoms with van der Waals surface area (Å²) < 4.78 is 0. The van der Waals surface area contributed by atoms with E-state index in [0.717, 1.165) is 25.8 Å². The summed E-state index contributed by atoms with van der Waals surface area (Å²) in [5.41, 5.74) is 3.22. The molecule has 3 nitrogen and oxygen atoms in total. The van der Waals surface area contributed by atoms with Crippen LogP contribution in [0.3, 0.4) is 0 Å². The third-order valence-corrected chi connectivity index (χ3v) is 6.25. The number of hydrogen-bond acceptors (Lipinski definition) is 1. The fraction of sp³-hybridized carbons (Fsp3) is 0.591. The summed E-state index contributed by atoms with van der Waals surface area (Å²) in [6.07, 6.45) is 8.28. The monoisotopic (exact) mass is 338 g/mol. The number of nitrogens with one attached hydrogen (secondary N) is 1. The second-order valence-electron chi connectivity index (χ2n) is 9.45. The molecule has 0 spiro atoms. The fourth-order valence-electron chi connectivity index (χ4n) is 5.66. The highest BCUT2D eigenvalue weighted by atomic mass is 16.2. The highest BCUT2D eigenvalue weighted by molar-refractivity contribution is 5.83. The van der Waals surface area contributed by atoms with Crippen molar-refractivity contribution in [3.8, 4) is 0 Å². The van der Waals surface area contributed by atoms with Crippen LogP contribution in [0.25, 0.3) is 10.9 Å². The Balaban J connectivity index is 1.37. The Morgan fingerprint density at radius 1 is 1.24 bits per heavy atom. The number of benzene rings is 1. The van der Waals surface area contributed by atoms with Crippen LogP contribution < -0.4 is 0 Å². The van der Waals surface area contributed by atoms with E-state index in [4.69, 9.17) is 0 Å². The molecule has 1 aromatic heterocycles. The van der Waals surface area contributed by atoms with Crippen LogP contribution in [0.15, 0.2) is 30.5 Å². The minimum atomic E-state index is 0.332. The van der Waals surface area contributed by atoms with E-state index in [9.17, 15) is 4.79 Å². The Morgan fingerprint density at radius 3 is 2.88 bits per heavy atom. The van der Waals surface area contributed by atoms with Crippen LogP contribution in [0.5, 0.6) is 0 Å². The molecule has 1 aliphatic heterocycles. The van der Waals surface area contributed by atoms with Crippen molar-refractivity contribution in [3.05, 3.63) is 36.0 Å². The normalized spacial score (nSPS) is 27.8. The number of fused-ring (bicyclic) bond motifs is 3. The maximum atomic E-state index is 12.9. The van der Waals surface area contributed by atoms with Crippen molar-refractivity contribution < 1.29 is 4.79 Å². The van der Waals surface area contributed by atoms with Crippen LogP contribution in [0.4, 0.5) is 0 Å². The predicted molar refractivity (Wildman–Crippen MR) is 102 cm³/mol. The first kappa shape index (κ1) is 16.7. The predicted octanol–water partition coefficient (Wildman–Crippen LogP) is 4.92. The van der Waals surface area contributed by atoms with E-state index in [1.165, 1.54) is 29.3 Å². The van der Waals surface area contributed by atoms with E-state index in [0.29, 0.717) is 29.2 Å². The number of likely N-dealkylation sites (tertiary alicyclic amines) is 1. The molecule has 1 saturated carbocycles. The molecule has 0 unspecified atom stereocenters. The zero-order valence-corrected chi connectivity index (χ0v) is 15.8. The summed E-state index contributed by atoms with van der Waals surface area (Å²) in [7, 11) is 0. The first-order valence-corrected chi connectivity index (χ1v) is 9.70. The number of aryl methyl sites for hydroxylation is 1. The summed E-state index contributed by atoms with van der Waals surface area (Å²) in [4.78, 5) is 18.4. The highest BCUT2D eigenvalue weighted by Gasteiger charge is 2.50. The third-order valence-electron chi connectivity index (χ3n) is 6.25. The molecule has 1 amide bonds. The molecule has 1 aliphatic carbocycles. The smallest absolute Gasteiger partial charge is 0.222 e. The second kappa shape index (κ2) is 5.89. The molecule has 2 bridgehead atoms. The molecular formula is C22H30N2O. The van der Waals surface area contributed by atoms with Crippen LogP contribution in [0.1, 0.15) is 58.4 Å². The number of amides is 1. The fourth-order valence-corrected chi connectivity index (χ4v) is 5.66. The lowest BCUT2D eigenvalue weighted by Crippen LogP contribution is -2.37. The van der Waals surface area contributed by atoms with Crippen molar-refractivity contribution in [2.45, 2.75) is 65.3 Å². The lowest BCUT2D eigenvalue weighted by atomic mass is 9.65. The Labute approximate surface area is 150 Å². The Morgan fingerprint density at radius 2 is 2.04 bits per heavy atom. The second-order valence-corrected chi connectivity index (χ2v) is 9.45. The molecule has 1 N–H and O–H groups in total. The van der Waals surface area contributed by atoms with Crippen LogP contribution in [-0.2, 0) is 11.2 Å². The zero-order chi connectivity index (χ0) is 17.7. The number of aromatic nitrogens is 1. The molecule has 2 heterocycles. The van der Waals surface area contributed by atoms with Crippen molar-refractivity contribution >= 4 is 16.8 Å². The molecule has 134 valence electrons. The molecule has 0 radical (unpaired) electrons. The lowest BCUT2D eigenvalue weighted by Gasteiger charge is -2.39. The van der Waals surface area contributed by atoms with Crippen LogP contribution in [-0.4, -0.2) is 28.4 Å². The summed E-state index contributed by atoms with van der Waals surface area (Å²) in [5.74, 6) is 0.367. The summed E-state index contributed by atoms with van der Waals surface area (Å²) in [6.45, 7) is 8.07. The summed E-state index contributed by atoms with van der Waals surface area (Å²) in [6, 6.07) is 8.87. The Kier molecular flexibility index (Phi) is 3.93. The quantitative estimate of drug-likeness (QED) is 0.844. The van der Waals surface area contributed by atoms with Crippen molar-refractivity contribution in [1.29, 1.82) is 0 Å². The van der Waals surface area contributed by atoms with Gasteiger partial charge in [0.05, 0.1) is 0 Å². The third kappa shape index (κ3) is 3.21. The van der Waals surface area contributed by atoms with E-state index in [2.05, 4.69) is 61.1 Å². The number of carbonyl (C=O) groups excluding carboxylic acids is 1. The summed E-state index contributed by atoms with van der Waals surface area (Å²) >= 11 is 0. The largest absolute Gasteiger partial charge is 0.361 e. The molecule has 2 fully saturated rings. The topological polar surface area (TPSA) is 36.1 Å². The first-order chi connectivity index (χ1) is 11.9. The van der Waals surface area contributed by atoms with Crippen molar-refractivity contribution in [3.63, 3.8) is 0 Å². The lowest BCUT2D eigenvalue weighted by molar-refractivity contribution is -0.132. The van der Waals surface area contributed by atoms with Gasteiger partial charge in [0.1, 0.15) is 0 Å². The maximum Gasteiger partial charge on any atom is 0.222 e. The highest BCUT2D eigenvalue weighted by Crippen LogP contribution is 2.52. The van der Waals surface area contributed by atoms with Crippen molar-refractivity contribution in [2.75, 3.05) is 6.54 Å². The minimum absolute atomic E-state index is 0.332. The van der Waals surface area contributed by atoms with E-state index in [1.807, 2.05) is 0 Å². The van der Waals surface area contributed by atoms with E-state index >= 15 is 0 Å². The molecular weight excluding hydrogens is 308 g/mol. The Hall–Kier alpha value is -1.77. The van der Waals surface area contributed by atoms with Gasteiger partial charge in [-0.1, -0.05) is 39.0 Å². The van der Waals surface area contributed by atoms with Gasteiger partial charge in [-0.3, -0.25) is 4.79 Å². The average Bonchev–Trinajstić information content (AvgIpc) is 3.05. The van der Waals surface area contributed by atoms with Gasteiger partial charge in [0, 0.05) is 36.1 Å². The van der Waals surface area contributed by atoms with Gasteiger partial charge in [-0.2, -0.15) is 0 Å². The van der Waals surface area contributed by atoms with Gasteiger partial charge < -0.3 is 9.88 Å². The maximum absolute atomic E-state index is 12.9. The molecule has 2 atom stereocenters. The molecule has 3 heteroatoms. The zero-order valence-electron chi connectivity index (χ0n) is 15.8. The molecule has 25 heavy (non-hydrogen) atoms. The van der Waals surface area contributed by atoms with Gasteiger partial charge in [0.25, 0.3) is 0 Å². The summed E-state index contributed by atoms with van der Waals surface area (Å²) in [5, 5.41) is 1.29. The number of aromatic amines is 1. The van der Waals surface area contributed by atoms with Gasteiger partial charge in [0.15, 0.2) is 0 Å². The van der Waals surface area contributed by atoms with Crippen LogP contribution >= 0.6 is 0 Å². The van der Waals surface area contributed by atoms with Crippen molar-refractivity contribution in [1.82, 2.24) is 9.88 Å². The van der Waals surface area contributed by atoms with Gasteiger partial charge in [-0.15, -0.1) is 0 Å². The van der Waals surface area contributed by atoms with E-state index in [1.54, 1.807) is 0 Å². The minimum Gasteiger partial charge on any atom is -0.361 e. The van der Waals surface area contributed by atoms with Gasteiger partial charge in [-0.05, 0) is 54.6 Å². The van der Waals surface area contributed by atoms with Gasteiger partial charge in [0.2, 0.25) is 5.91 Å². The molecule has 2 aromatic rings. The van der Waals surface area contributed by atoms with Crippen LogP contribution in [0.2, 0.25) is 0 Å². The molecule has 4 rings (SSSR count). The van der Waals surface area contributed by atoms with E-state index in [-0.39, 0.29) is 0 Å². The van der Waals surface area contributed by atoms with Gasteiger partial charge in [-0.25, -0.2) is 0 Å². The number of carbonyl (C=O) groups is 1. The van der Waals surface area contributed by atoms with Crippen LogP contribution in [0, 0.1) is 10.8 Å². The number of nitrogens with zero attached hydrogens (tertiary/aromatic N) is 1. The average molecular weight is 338 g/mol. The first-order valence-electron chi connectivity index (χ1n) is 9.70. The number of rotatable bonds is 4. The standard InChI is InChI=1S/C22H30N2O/c1-21(2)11-17-12-22(3,14-21)15-24(17)20(25)10-6-7-16-13-23-19-9-5-4-8-18(16)19/h4-5,8-9,13,17,23H,6-7,10-12,14-15H2,1-3H3/t17-,22-/m0/s1. The number of H-pyrrole nitrogens is 1. The molecule has 1 aromatic carbocycles. The number of hydrogen-bond donors (Lipinski definition) is 1. The molecule has 1 saturated heterocycles. The Bertz CT molecular complexity index is 790. The molecule has 2 aliphatic rings. The number of para-hydroxylation sites is 1.